The number of fused-ring (bicyclic) bond motifs is 3. The van der Waals surface area contributed by atoms with Crippen molar-refractivity contribution in [2.24, 2.45) is 22.7 Å². The average Bonchev–Trinajstić information content (AvgIpc) is 3.35. The summed E-state index contributed by atoms with van der Waals surface area (Å²) in [6.07, 6.45) is 9.68. The third kappa shape index (κ3) is 3.09. The average molecular weight is 433 g/mol. The Bertz CT molecular complexity index is 854. The van der Waals surface area contributed by atoms with Crippen LogP contribution < -0.4 is 0 Å². The lowest BCUT2D eigenvalue weighted by Gasteiger charge is -2.55. The van der Waals surface area contributed by atoms with Gasteiger partial charge in [0.15, 0.2) is 11.6 Å². The predicted octanol–water partition coefficient (Wildman–Crippen LogP) is 3.86. The molecule has 172 valence electrons. The van der Waals surface area contributed by atoms with E-state index >= 15 is 0 Å². The molecule has 5 rings (SSSR count). The molecule has 0 radical (unpaired) electrons. The first kappa shape index (κ1) is 23.9. The van der Waals surface area contributed by atoms with Crippen molar-refractivity contribution in [3.8, 4) is 0 Å². The SMILES string of the molecule is CC.CC(=O)O.CC(=O)[C@@]1(O)CCC2C3CCC4=CC(=O)C=CC4(C)C34OC4CC21C. The van der Waals surface area contributed by atoms with Crippen molar-refractivity contribution < 1.29 is 29.3 Å². The fourth-order valence-corrected chi connectivity index (χ4v) is 7.23. The van der Waals surface area contributed by atoms with Crippen molar-refractivity contribution in [2.75, 3.05) is 0 Å². The van der Waals surface area contributed by atoms with Crippen LogP contribution in [0, 0.1) is 22.7 Å². The molecule has 6 unspecified atom stereocenters. The number of aliphatic hydroxyl groups is 1. The van der Waals surface area contributed by atoms with Gasteiger partial charge in [0.2, 0.25) is 0 Å². The third-order valence-electron chi connectivity index (χ3n) is 8.67. The molecule has 4 fully saturated rings. The number of hydrogen-bond acceptors (Lipinski definition) is 5. The molecule has 1 saturated heterocycles. The second kappa shape index (κ2) is 7.66. The minimum Gasteiger partial charge on any atom is -0.481 e. The summed E-state index contributed by atoms with van der Waals surface area (Å²) in [5.41, 5.74) is -0.902. The maximum absolute atomic E-state index is 12.3. The van der Waals surface area contributed by atoms with Gasteiger partial charge in [0.1, 0.15) is 11.2 Å². The minimum atomic E-state index is -1.22. The minimum absolute atomic E-state index is 0.0641. The van der Waals surface area contributed by atoms with E-state index in [2.05, 4.69) is 19.9 Å². The molecule has 0 aromatic rings. The molecule has 1 spiro atoms. The summed E-state index contributed by atoms with van der Waals surface area (Å²) in [7, 11) is 0. The first-order chi connectivity index (χ1) is 14.4. The van der Waals surface area contributed by atoms with Crippen molar-refractivity contribution in [3.63, 3.8) is 0 Å². The maximum atomic E-state index is 12.3. The maximum Gasteiger partial charge on any atom is 0.300 e. The zero-order valence-electron chi connectivity index (χ0n) is 19.5. The van der Waals surface area contributed by atoms with E-state index < -0.39 is 17.0 Å². The van der Waals surface area contributed by atoms with Gasteiger partial charge in [-0.25, -0.2) is 0 Å². The Labute approximate surface area is 184 Å². The van der Waals surface area contributed by atoms with Crippen LogP contribution in [0.5, 0.6) is 0 Å². The monoisotopic (exact) mass is 432 g/mol. The van der Waals surface area contributed by atoms with Gasteiger partial charge in [-0.05, 0) is 69.9 Å². The molecular weight excluding hydrogens is 396 g/mol. The number of allylic oxidation sites excluding steroid dienone is 2. The van der Waals surface area contributed by atoms with E-state index in [1.807, 2.05) is 13.8 Å². The molecular formula is C25H36O6. The van der Waals surface area contributed by atoms with E-state index in [4.69, 9.17) is 14.6 Å². The van der Waals surface area contributed by atoms with Gasteiger partial charge in [-0.2, -0.15) is 0 Å². The summed E-state index contributed by atoms with van der Waals surface area (Å²) in [4.78, 5) is 33.1. The molecule has 7 atom stereocenters. The molecule has 1 heterocycles. The fourth-order valence-electron chi connectivity index (χ4n) is 7.23. The Morgan fingerprint density at radius 2 is 1.74 bits per heavy atom. The second-order valence-electron chi connectivity index (χ2n) is 9.85. The summed E-state index contributed by atoms with van der Waals surface area (Å²) < 4.78 is 6.43. The molecule has 0 amide bonds. The lowest BCUT2D eigenvalue weighted by molar-refractivity contribution is -0.154. The van der Waals surface area contributed by atoms with Gasteiger partial charge in [-0.1, -0.05) is 32.4 Å². The van der Waals surface area contributed by atoms with Crippen LogP contribution in [-0.4, -0.2) is 45.1 Å². The van der Waals surface area contributed by atoms with Gasteiger partial charge in [0.25, 0.3) is 5.97 Å². The van der Waals surface area contributed by atoms with E-state index in [0.717, 1.165) is 32.6 Å². The van der Waals surface area contributed by atoms with E-state index in [1.165, 1.54) is 12.5 Å². The number of Topliss-reactive ketones (excluding diaryl/α,β-unsaturated/α-hetero) is 1. The first-order valence-corrected chi connectivity index (χ1v) is 11.5. The Balaban J connectivity index is 0.000000411. The van der Waals surface area contributed by atoms with E-state index in [1.54, 1.807) is 12.2 Å². The molecule has 4 aliphatic carbocycles. The van der Waals surface area contributed by atoms with Crippen LogP contribution in [0.2, 0.25) is 0 Å². The standard InChI is InChI=1S/C21H26O4.C2H4O2.C2H6/c1-12(22)20(24)9-7-15-16-5-4-13-10-14(23)6-8-18(13,2)21(16)17(25-21)11-19(15,20)3;1-2(3)4;1-2/h6,8,10,15-17,24H,4-5,7,9,11H2,1-3H3;1H3,(H,3,4);1-2H3/t15?,16?,17?,18?,19?,20-,21?;;/m0../s1. The fraction of sp³-hybridized carbons (Fsp3) is 0.720. The van der Waals surface area contributed by atoms with Crippen molar-refractivity contribution in [1.29, 1.82) is 0 Å². The number of ketones is 2. The highest BCUT2D eigenvalue weighted by Crippen LogP contribution is 2.75. The Kier molecular flexibility index (Phi) is 5.90. The topological polar surface area (TPSA) is 104 Å². The van der Waals surface area contributed by atoms with E-state index in [9.17, 15) is 14.7 Å². The largest absolute Gasteiger partial charge is 0.481 e. The molecule has 31 heavy (non-hydrogen) atoms. The number of ether oxygens (including phenoxy) is 1. The quantitative estimate of drug-likeness (QED) is 0.610. The van der Waals surface area contributed by atoms with Crippen LogP contribution in [0.3, 0.4) is 0 Å². The van der Waals surface area contributed by atoms with Crippen LogP contribution in [-0.2, 0) is 19.1 Å². The number of aliphatic carboxylic acids is 1. The van der Waals surface area contributed by atoms with Gasteiger partial charge >= 0.3 is 0 Å². The van der Waals surface area contributed by atoms with Crippen LogP contribution in [0.15, 0.2) is 23.8 Å². The third-order valence-corrected chi connectivity index (χ3v) is 8.67. The smallest absolute Gasteiger partial charge is 0.300 e. The lowest BCUT2D eigenvalue weighted by atomic mass is 9.47. The summed E-state index contributed by atoms with van der Waals surface area (Å²) in [6.45, 7) is 10.9. The van der Waals surface area contributed by atoms with Crippen LogP contribution in [0.1, 0.15) is 73.6 Å². The van der Waals surface area contributed by atoms with Gasteiger partial charge in [0, 0.05) is 17.8 Å². The molecule has 2 N–H and O–H groups in total. The van der Waals surface area contributed by atoms with E-state index in [-0.39, 0.29) is 28.7 Å². The highest BCUT2D eigenvalue weighted by atomic mass is 16.6. The van der Waals surface area contributed by atoms with Gasteiger partial charge in [-0.3, -0.25) is 14.4 Å². The Hall–Kier alpha value is -1.79. The lowest BCUT2D eigenvalue weighted by Crippen LogP contribution is -2.60. The van der Waals surface area contributed by atoms with Crippen LogP contribution in [0.4, 0.5) is 0 Å². The summed E-state index contributed by atoms with van der Waals surface area (Å²) in [5.74, 6) is -0.224. The second-order valence-corrected chi connectivity index (χ2v) is 9.85. The highest BCUT2D eigenvalue weighted by molar-refractivity contribution is 6.01. The van der Waals surface area contributed by atoms with Gasteiger partial charge < -0.3 is 14.9 Å². The van der Waals surface area contributed by atoms with Gasteiger partial charge in [0.05, 0.1) is 6.10 Å². The number of carboxylic acid groups (broad SMARTS) is 1. The molecule has 5 aliphatic rings. The normalized spacial score (nSPS) is 45.8. The zero-order chi connectivity index (χ0) is 23.4. The Morgan fingerprint density at radius 1 is 1.13 bits per heavy atom. The van der Waals surface area contributed by atoms with Crippen molar-refractivity contribution in [3.05, 3.63) is 23.8 Å². The molecule has 6 nitrogen and oxygen atoms in total. The number of epoxide rings is 1. The first-order valence-electron chi connectivity index (χ1n) is 11.5. The molecule has 6 heteroatoms. The highest BCUT2D eigenvalue weighted by Gasteiger charge is 2.80. The molecule has 1 aliphatic heterocycles. The molecule has 3 saturated carbocycles. The number of carboxylic acids is 1. The van der Waals surface area contributed by atoms with Crippen LogP contribution in [0.25, 0.3) is 0 Å². The van der Waals surface area contributed by atoms with Crippen LogP contribution >= 0.6 is 0 Å². The van der Waals surface area contributed by atoms with Crippen molar-refractivity contribution >= 4 is 17.5 Å². The predicted molar refractivity (Wildman–Crippen MR) is 116 cm³/mol. The van der Waals surface area contributed by atoms with Crippen molar-refractivity contribution in [2.45, 2.75) is 91.0 Å². The van der Waals surface area contributed by atoms with Crippen molar-refractivity contribution in [1.82, 2.24) is 0 Å². The number of carbonyl (C=O) groups is 3. The summed E-state index contributed by atoms with van der Waals surface area (Å²) in [6, 6.07) is 0. The molecule has 0 aromatic heterocycles. The Morgan fingerprint density at radius 3 is 2.32 bits per heavy atom. The summed E-state index contributed by atoms with van der Waals surface area (Å²) >= 11 is 0. The number of carbonyl (C=O) groups excluding carboxylic acids is 2. The zero-order valence-corrected chi connectivity index (χ0v) is 19.5. The molecule has 0 aromatic carbocycles. The number of rotatable bonds is 1. The molecule has 0 bridgehead atoms. The van der Waals surface area contributed by atoms with Gasteiger partial charge in [-0.15, -0.1) is 0 Å². The summed E-state index contributed by atoms with van der Waals surface area (Å²) in [5, 5.41) is 18.6. The van der Waals surface area contributed by atoms with E-state index in [0.29, 0.717) is 18.3 Å². The number of hydrogen-bond donors (Lipinski definition) is 2.